The molecule has 0 saturated heterocycles. The number of furan rings is 1. The molecule has 2 aromatic heterocycles. The maximum Gasteiger partial charge on any atom is 0.315 e. The normalized spacial score (nSPS) is 15.4. The lowest BCUT2D eigenvalue weighted by Gasteiger charge is -2.16. The van der Waals surface area contributed by atoms with E-state index in [-0.39, 0.29) is 12.1 Å². The zero-order valence-electron chi connectivity index (χ0n) is 13.4. The Morgan fingerprint density at radius 3 is 2.96 bits per heavy atom. The van der Waals surface area contributed by atoms with Gasteiger partial charge in [0.05, 0.1) is 12.6 Å². The topological polar surface area (TPSA) is 67.2 Å². The van der Waals surface area contributed by atoms with E-state index < -0.39 is 0 Å². The average molecular weight is 341 g/mol. The van der Waals surface area contributed by atoms with Crippen molar-refractivity contribution in [2.75, 3.05) is 0 Å². The zero-order valence-corrected chi connectivity index (χ0v) is 14.2. The van der Waals surface area contributed by atoms with Gasteiger partial charge >= 0.3 is 6.03 Å². The zero-order chi connectivity index (χ0) is 16.5. The Morgan fingerprint density at radius 2 is 2.25 bits per heavy atom. The number of aromatic nitrogens is 1. The van der Waals surface area contributed by atoms with E-state index in [1.54, 1.807) is 17.5 Å². The monoisotopic (exact) mass is 341 g/mol. The molecule has 1 atom stereocenters. The van der Waals surface area contributed by atoms with Crippen molar-refractivity contribution >= 4 is 28.3 Å². The summed E-state index contributed by atoms with van der Waals surface area (Å²) in [5.74, 6) is 1.30. The van der Waals surface area contributed by atoms with Gasteiger partial charge in [-0.25, -0.2) is 9.78 Å². The summed E-state index contributed by atoms with van der Waals surface area (Å²) in [6.07, 6.45) is 4.08. The van der Waals surface area contributed by atoms with Gasteiger partial charge in [0.1, 0.15) is 16.4 Å². The first-order valence-electron chi connectivity index (χ1n) is 8.13. The summed E-state index contributed by atoms with van der Waals surface area (Å²) in [5.41, 5.74) is 1.93. The fourth-order valence-corrected chi connectivity index (χ4v) is 3.73. The Hall–Kier alpha value is -2.34. The lowest BCUT2D eigenvalue weighted by Crippen LogP contribution is -2.38. The standard InChI is InChI=1S/C18H19N3O2S/c1-11-13-4-2-3-5-14(13)23-15(11)10-20-18(22)21-16(12-6-7-12)17-19-8-9-24-17/h2-5,8-9,12,16H,6-7,10H2,1H3,(H2,20,21,22). The Kier molecular flexibility index (Phi) is 3.98. The van der Waals surface area contributed by atoms with E-state index in [1.165, 1.54) is 0 Å². The van der Waals surface area contributed by atoms with E-state index in [4.69, 9.17) is 4.42 Å². The largest absolute Gasteiger partial charge is 0.459 e. The number of para-hydroxylation sites is 1. The number of fused-ring (bicyclic) bond motifs is 1. The molecule has 5 nitrogen and oxygen atoms in total. The third kappa shape index (κ3) is 3.01. The van der Waals surface area contributed by atoms with E-state index in [2.05, 4.69) is 15.6 Å². The van der Waals surface area contributed by atoms with Crippen LogP contribution in [0, 0.1) is 12.8 Å². The molecule has 6 heteroatoms. The molecule has 2 amide bonds. The first kappa shape index (κ1) is 15.2. The highest BCUT2D eigenvalue weighted by Gasteiger charge is 2.35. The summed E-state index contributed by atoms with van der Waals surface area (Å²) in [6, 6.07) is 7.75. The lowest BCUT2D eigenvalue weighted by molar-refractivity contribution is 0.234. The number of urea groups is 1. The van der Waals surface area contributed by atoms with Crippen LogP contribution in [-0.2, 0) is 6.54 Å². The highest BCUT2D eigenvalue weighted by Crippen LogP contribution is 2.41. The van der Waals surface area contributed by atoms with Crippen LogP contribution < -0.4 is 10.6 Å². The number of carbonyl (C=O) groups excluding carboxylic acids is 1. The molecule has 0 radical (unpaired) electrons. The molecular weight excluding hydrogens is 322 g/mol. The van der Waals surface area contributed by atoms with Gasteiger partial charge in [0, 0.05) is 22.5 Å². The Morgan fingerprint density at radius 1 is 1.42 bits per heavy atom. The second-order valence-electron chi connectivity index (χ2n) is 6.16. The summed E-state index contributed by atoms with van der Waals surface area (Å²) < 4.78 is 5.83. The van der Waals surface area contributed by atoms with E-state index in [1.807, 2.05) is 36.6 Å². The molecule has 1 aliphatic rings. The minimum absolute atomic E-state index is 0.0155. The quantitative estimate of drug-likeness (QED) is 0.732. The molecule has 2 N–H and O–H groups in total. The van der Waals surface area contributed by atoms with Gasteiger partial charge < -0.3 is 15.1 Å². The van der Waals surface area contributed by atoms with Gasteiger partial charge in [0.2, 0.25) is 0 Å². The number of benzene rings is 1. The summed E-state index contributed by atoms with van der Waals surface area (Å²) >= 11 is 1.59. The first-order chi connectivity index (χ1) is 11.7. The van der Waals surface area contributed by atoms with Crippen LogP contribution >= 0.6 is 11.3 Å². The van der Waals surface area contributed by atoms with Crippen LogP contribution in [0.5, 0.6) is 0 Å². The maximum atomic E-state index is 12.3. The molecule has 4 rings (SSSR count). The number of amides is 2. The van der Waals surface area contributed by atoms with E-state index in [0.717, 1.165) is 40.1 Å². The summed E-state index contributed by atoms with van der Waals surface area (Å²) in [7, 11) is 0. The minimum Gasteiger partial charge on any atom is -0.459 e. The van der Waals surface area contributed by atoms with Crippen LogP contribution in [-0.4, -0.2) is 11.0 Å². The van der Waals surface area contributed by atoms with Gasteiger partial charge in [-0.15, -0.1) is 11.3 Å². The molecule has 1 unspecified atom stereocenters. The van der Waals surface area contributed by atoms with Crippen molar-refractivity contribution in [2.45, 2.75) is 32.4 Å². The van der Waals surface area contributed by atoms with Gasteiger partial charge in [-0.2, -0.15) is 0 Å². The number of aryl methyl sites for hydroxylation is 1. The van der Waals surface area contributed by atoms with Crippen molar-refractivity contribution in [3.63, 3.8) is 0 Å². The molecule has 24 heavy (non-hydrogen) atoms. The SMILES string of the molecule is Cc1c(CNC(=O)NC(c2nccs2)C2CC2)oc2ccccc12. The number of hydrogen-bond donors (Lipinski definition) is 2. The Labute approximate surface area is 144 Å². The first-order valence-corrected chi connectivity index (χ1v) is 9.01. The number of hydrogen-bond acceptors (Lipinski definition) is 4. The van der Waals surface area contributed by atoms with Crippen LogP contribution in [0.1, 0.15) is 35.2 Å². The van der Waals surface area contributed by atoms with Crippen LogP contribution in [0.2, 0.25) is 0 Å². The van der Waals surface area contributed by atoms with E-state index in [0.29, 0.717) is 12.5 Å². The number of nitrogens with one attached hydrogen (secondary N) is 2. The van der Waals surface area contributed by atoms with E-state index in [9.17, 15) is 4.79 Å². The summed E-state index contributed by atoms with van der Waals surface area (Å²) in [6.45, 7) is 2.39. The average Bonchev–Trinajstić information content (AvgIpc) is 3.19. The Bertz CT molecular complexity index is 852. The molecule has 1 saturated carbocycles. The predicted octanol–water partition coefficient (Wildman–Crippen LogP) is 4.15. The number of thiazole rings is 1. The molecule has 1 aliphatic carbocycles. The highest BCUT2D eigenvalue weighted by molar-refractivity contribution is 7.09. The summed E-state index contributed by atoms with van der Waals surface area (Å²) in [5, 5.41) is 9.99. The number of nitrogens with zero attached hydrogens (tertiary/aromatic N) is 1. The Balaban J connectivity index is 1.41. The molecule has 0 bridgehead atoms. The van der Waals surface area contributed by atoms with Crippen LogP contribution in [0.15, 0.2) is 40.3 Å². The second-order valence-corrected chi connectivity index (χ2v) is 7.09. The van der Waals surface area contributed by atoms with Crippen LogP contribution in [0.4, 0.5) is 4.79 Å². The molecule has 2 heterocycles. The minimum atomic E-state index is -0.179. The van der Waals surface area contributed by atoms with Crippen LogP contribution in [0.3, 0.4) is 0 Å². The molecule has 1 fully saturated rings. The van der Waals surface area contributed by atoms with Crippen LogP contribution in [0.25, 0.3) is 11.0 Å². The van der Waals surface area contributed by atoms with Crippen molar-refractivity contribution in [1.29, 1.82) is 0 Å². The van der Waals surface area contributed by atoms with Crippen molar-refractivity contribution < 1.29 is 9.21 Å². The van der Waals surface area contributed by atoms with Gasteiger partial charge in [-0.3, -0.25) is 0 Å². The van der Waals surface area contributed by atoms with Crippen molar-refractivity contribution in [2.24, 2.45) is 5.92 Å². The molecular formula is C18H19N3O2S. The molecule has 124 valence electrons. The fraction of sp³-hybridized carbons (Fsp3) is 0.333. The van der Waals surface area contributed by atoms with Gasteiger partial charge in [-0.1, -0.05) is 18.2 Å². The molecule has 0 spiro atoms. The van der Waals surface area contributed by atoms with Crippen molar-refractivity contribution in [3.8, 4) is 0 Å². The number of carbonyl (C=O) groups is 1. The number of rotatable bonds is 5. The molecule has 0 aliphatic heterocycles. The van der Waals surface area contributed by atoms with Gasteiger partial charge in [0.25, 0.3) is 0 Å². The fourth-order valence-electron chi connectivity index (χ4n) is 2.95. The molecule has 1 aromatic carbocycles. The highest BCUT2D eigenvalue weighted by atomic mass is 32.1. The lowest BCUT2D eigenvalue weighted by atomic mass is 10.1. The van der Waals surface area contributed by atoms with E-state index >= 15 is 0 Å². The smallest absolute Gasteiger partial charge is 0.315 e. The third-order valence-corrected chi connectivity index (χ3v) is 5.31. The second kappa shape index (κ2) is 6.28. The van der Waals surface area contributed by atoms with Gasteiger partial charge in [0.15, 0.2) is 0 Å². The van der Waals surface area contributed by atoms with Crippen molar-refractivity contribution in [1.82, 2.24) is 15.6 Å². The molecule has 3 aromatic rings. The summed E-state index contributed by atoms with van der Waals surface area (Å²) in [4.78, 5) is 16.6. The van der Waals surface area contributed by atoms with Crippen molar-refractivity contribution in [3.05, 3.63) is 52.2 Å². The third-order valence-electron chi connectivity index (χ3n) is 4.45. The maximum absolute atomic E-state index is 12.3. The van der Waals surface area contributed by atoms with Gasteiger partial charge in [-0.05, 0) is 31.7 Å². The predicted molar refractivity (Wildman–Crippen MR) is 93.9 cm³/mol.